The number of amides is 1. The summed E-state index contributed by atoms with van der Waals surface area (Å²) in [6.07, 6.45) is -1.91. The third kappa shape index (κ3) is 6.73. The first kappa shape index (κ1) is 25.6. The van der Waals surface area contributed by atoms with Gasteiger partial charge in [-0.25, -0.2) is 8.42 Å². The number of esters is 1. The first-order chi connectivity index (χ1) is 16.6. The van der Waals surface area contributed by atoms with Gasteiger partial charge in [-0.2, -0.15) is 0 Å². The van der Waals surface area contributed by atoms with Crippen LogP contribution in [0.5, 0.6) is 0 Å². The van der Waals surface area contributed by atoms with Gasteiger partial charge >= 0.3 is 5.97 Å². The first-order valence-electron chi connectivity index (χ1n) is 10.7. The predicted molar refractivity (Wildman–Crippen MR) is 130 cm³/mol. The normalized spacial score (nSPS) is 11.9. The largest absolute Gasteiger partial charge is 0.447 e. The smallest absolute Gasteiger partial charge is 0.307 e. The van der Waals surface area contributed by atoms with Crippen LogP contribution < -0.4 is 5.32 Å². The van der Waals surface area contributed by atoms with E-state index in [0.717, 1.165) is 5.56 Å². The maximum Gasteiger partial charge on any atom is 0.307 e. The van der Waals surface area contributed by atoms with Crippen LogP contribution in [0.3, 0.4) is 0 Å². The van der Waals surface area contributed by atoms with E-state index in [1.54, 1.807) is 55.5 Å². The number of nitrogens with zero attached hydrogens (tertiary/aromatic N) is 1. The molecule has 0 aromatic heterocycles. The van der Waals surface area contributed by atoms with Crippen molar-refractivity contribution in [2.75, 3.05) is 11.1 Å². The number of ether oxygens (including phenoxy) is 1. The van der Waals surface area contributed by atoms with E-state index >= 15 is 0 Å². The lowest BCUT2D eigenvalue weighted by molar-refractivity contribution is -0.384. The van der Waals surface area contributed by atoms with E-state index < -0.39 is 44.9 Å². The molecule has 1 N–H and O–H groups in total. The van der Waals surface area contributed by atoms with Crippen LogP contribution in [0.1, 0.15) is 29.2 Å². The molecular weight excluding hydrogens is 472 g/mol. The molecule has 10 heteroatoms. The van der Waals surface area contributed by atoms with E-state index in [-0.39, 0.29) is 16.3 Å². The quantitative estimate of drug-likeness (QED) is 0.265. The summed E-state index contributed by atoms with van der Waals surface area (Å²) < 4.78 is 30.5. The average Bonchev–Trinajstić information content (AvgIpc) is 2.83. The number of rotatable bonds is 9. The lowest BCUT2D eigenvalue weighted by atomic mass is 10.1. The number of anilines is 1. The van der Waals surface area contributed by atoms with Crippen molar-refractivity contribution in [1.82, 2.24) is 0 Å². The highest BCUT2D eigenvalue weighted by molar-refractivity contribution is 7.91. The molecule has 1 atom stereocenters. The number of benzene rings is 3. The molecule has 0 aliphatic carbocycles. The molecule has 0 saturated heterocycles. The summed E-state index contributed by atoms with van der Waals surface area (Å²) in [6.45, 7) is 3.51. The van der Waals surface area contributed by atoms with Gasteiger partial charge in [0, 0.05) is 11.6 Å². The third-order valence-corrected chi connectivity index (χ3v) is 6.88. The molecule has 0 fully saturated rings. The van der Waals surface area contributed by atoms with Crippen molar-refractivity contribution >= 4 is 33.1 Å². The molecule has 0 spiro atoms. The fraction of sp³-hybridized carbons (Fsp3) is 0.200. The monoisotopic (exact) mass is 496 g/mol. The molecule has 0 heterocycles. The molecular formula is C25H24N2O7S. The van der Waals surface area contributed by atoms with Crippen LogP contribution in [0.25, 0.3) is 0 Å². The number of hydrogen-bond acceptors (Lipinski definition) is 7. The van der Waals surface area contributed by atoms with Crippen molar-refractivity contribution in [2.24, 2.45) is 0 Å². The van der Waals surface area contributed by atoms with Crippen LogP contribution in [-0.4, -0.2) is 31.0 Å². The van der Waals surface area contributed by atoms with Crippen molar-refractivity contribution < 1.29 is 27.7 Å². The summed E-state index contributed by atoms with van der Waals surface area (Å²) in [5.74, 6) is -2.21. The Morgan fingerprint density at radius 3 is 2.23 bits per heavy atom. The second-order valence-corrected chi connectivity index (χ2v) is 10.0. The number of nitro benzene ring substituents is 1. The van der Waals surface area contributed by atoms with E-state index in [9.17, 15) is 28.1 Å². The summed E-state index contributed by atoms with van der Waals surface area (Å²) in [7, 11) is -3.74. The van der Waals surface area contributed by atoms with Crippen LogP contribution in [0, 0.1) is 24.0 Å². The molecule has 0 aliphatic heterocycles. The first-order valence-corrected chi connectivity index (χ1v) is 12.3. The van der Waals surface area contributed by atoms with Crippen LogP contribution in [0.15, 0.2) is 77.7 Å². The fourth-order valence-corrected chi connectivity index (χ4v) is 4.49. The van der Waals surface area contributed by atoms with Gasteiger partial charge in [0.1, 0.15) is 5.69 Å². The number of hydrogen-bond donors (Lipinski definition) is 1. The molecule has 1 amide bonds. The lowest BCUT2D eigenvalue weighted by Crippen LogP contribution is -2.27. The molecule has 3 rings (SSSR count). The van der Waals surface area contributed by atoms with Gasteiger partial charge in [0.25, 0.3) is 11.6 Å². The van der Waals surface area contributed by atoms with Crippen molar-refractivity contribution in [3.8, 4) is 0 Å². The molecule has 1 unspecified atom stereocenters. The van der Waals surface area contributed by atoms with Gasteiger partial charge < -0.3 is 10.1 Å². The highest BCUT2D eigenvalue weighted by Gasteiger charge is 2.28. The van der Waals surface area contributed by atoms with Crippen LogP contribution >= 0.6 is 0 Å². The van der Waals surface area contributed by atoms with Gasteiger partial charge in [-0.05, 0) is 37.6 Å². The Balaban J connectivity index is 1.77. The van der Waals surface area contributed by atoms with E-state index in [2.05, 4.69) is 5.32 Å². The Morgan fingerprint density at radius 1 is 0.971 bits per heavy atom. The highest BCUT2D eigenvalue weighted by atomic mass is 32.2. The molecule has 9 nitrogen and oxygen atoms in total. The van der Waals surface area contributed by atoms with Gasteiger partial charge in [-0.3, -0.25) is 19.7 Å². The highest BCUT2D eigenvalue weighted by Crippen LogP contribution is 2.28. The van der Waals surface area contributed by atoms with E-state index in [1.165, 1.54) is 24.3 Å². The molecule has 3 aromatic rings. The standard InChI is InChI=1S/C25H24N2O7S/c1-17-8-11-20(12-9-17)35(32,33)15-14-23(28)34-24(19-6-4-3-5-7-19)25(29)26-21-13-10-18(2)16-22(21)27(30)31/h3-13,16,24H,14-15H2,1-2H3,(H,26,29). The maximum absolute atomic E-state index is 13.0. The summed E-state index contributed by atoms with van der Waals surface area (Å²) in [4.78, 5) is 36.5. The van der Waals surface area contributed by atoms with Crippen LogP contribution in [0.2, 0.25) is 0 Å². The number of carbonyl (C=O) groups is 2. The predicted octanol–water partition coefficient (Wildman–Crippen LogP) is 4.30. The number of sulfone groups is 1. The zero-order valence-corrected chi connectivity index (χ0v) is 19.9. The fourth-order valence-electron chi connectivity index (χ4n) is 3.27. The van der Waals surface area contributed by atoms with Gasteiger partial charge in [0.2, 0.25) is 6.10 Å². The van der Waals surface area contributed by atoms with E-state index in [0.29, 0.717) is 11.1 Å². The van der Waals surface area contributed by atoms with Gasteiger partial charge in [-0.1, -0.05) is 54.1 Å². The Kier molecular flexibility index (Phi) is 7.98. The van der Waals surface area contributed by atoms with Crippen LogP contribution in [-0.2, 0) is 24.2 Å². The number of carbonyl (C=O) groups excluding carboxylic acids is 2. The zero-order valence-electron chi connectivity index (χ0n) is 19.1. The molecule has 0 bridgehead atoms. The number of aryl methyl sites for hydroxylation is 2. The maximum atomic E-state index is 13.0. The summed E-state index contributed by atoms with van der Waals surface area (Å²) in [6, 6.07) is 18.7. The van der Waals surface area contributed by atoms with Gasteiger partial charge in [-0.15, -0.1) is 0 Å². The second-order valence-electron chi connectivity index (χ2n) is 7.93. The molecule has 35 heavy (non-hydrogen) atoms. The lowest BCUT2D eigenvalue weighted by Gasteiger charge is -2.18. The summed E-state index contributed by atoms with van der Waals surface area (Å²) in [5, 5.41) is 13.9. The van der Waals surface area contributed by atoms with Crippen molar-refractivity contribution in [3.63, 3.8) is 0 Å². The third-order valence-electron chi connectivity index (χ3n) is 5.15. The van der Waals surface area contributed by atoms with Crippen molar-refractivity contribution in [1.29, 1.82) is 0 Å². The molecule has 3 aromatic carbocycles. The minimum absolute atomic E-state index is 0.0514. The van der Waals surface area contributed by atoms with Crippen molar-refractivity contribution in [2.45, 2.75) is 31.3 Å². The number of nitrogens with one attached hydrogen (secondary N) is 1. The van der Waals surface area contributed by atoms with Gasteiger partial charge in [0.15, 0.2) is 9.84 Å². The van der Waals surface area contributed by atoms with E-state index in [4.69, 9.17) is 4.74 Å². The Labute approximate surface area is 202 Å². The van der Waals surface area contributed by atoms with Crippen molar-refractivity contribution in [3.05, 3.63) is 99.6 Å². The Morgan fingerprint density at radius 2 is 1.60 bits per heavy atom. The molecule has 0 saturated carbocycles. The van der Waals surface area contributed by atoms with Crippen LogP contribution in [0.4, 0.5) is 11.4 Å². The Hall–Kier alpha value is -4.05. The van der Waals surface area contributed by atoms with E-state index in [1.807, 2.05) is 6.92 Å². The molecule has 0 aliphatic rings. The average molecular weight is 497 g/mol. The molecule has 182 valence electrons. The topological polar surface area (TPSA) is 133 Å². The number of nitro groups is 1. The summed E-state index contributed by atoms with van der Waals surface area (Å²) in [5.41, 5.74) is 1.50. The zero-order chi connectivity index (χ0) is 25.6. The SMILES string of the molecule is Cc1ccc(S(=O)(=O)CCC(=O)OC(C(=O)Nc2ccc(C)cc2[N+](=O)[O-])c2ccccc2)cc1. The second kappa shape index (κ2) is 10.9. The molecule has 0 radical (unpaired) electrons. The Bertz CT molecular complexity index is 1340. The summed E-state index contributed by atoms with van der Waals surface area (Å²) >= 11 is 0. The minimum Gasteiger partial charge on any atom is -0.447 e. The minimum atomic E-state index is -3.74. The van der Waals surface area contributed by atoms with Gasteiger partial charge in [0.05, 0.1) is 22.0 Å².